The highest BCUT2D eigenvalue weighted by Crippen LogP contribution is 2.15. The van der Waals surface area contributed by atoms with Gasteiger partial charge in [0.05, 0.1) is 28.1 Å². The molecule has 1 N–H and O–H groups in total. The van der Waals surface area contributed by atoms with E-state index in [0.29, 0.717) is 34.8 Å². The molecule has 1 aromatic heterocycles. The quantitative estimate of drug-likeness (QED) is 0.698. The fraction of sp³-hybridized carbons (Fsp3) is 0.222. The van der Waals surface area contributed by atoms with Gasteiger partial charge >= 0.3 is 0 Å². The summed E-state index contributed by atoms with van der Waals surface area (Å²) in [6, 6.07) is 13.2. The van der Waals surface area contributed by atoms with Crippen molar-refractivity contribution in [2.24, 2.45) is 0 Å². The lowest BCUT2D eigenvalue weighted by atomic mass is 10.2. The van der Waals surface area contributed by atoms with Crippen molar-refractivity contribution in [1.82, 2.24) is 14.9 Å². The molecule has 6 nitrogen and oxygen atoms in total. The molecule has 0 bridgehead atoms. The van der Waals surface area contributed by atoms with Gasteiger partial charge in [-0.05, 0) is 43.4 Å². The van der Waals surface area contributed by atoms with Gasteiger partial charge in [-0.25, -0.2) is 13.4 Å². The van der Waals surface area contributed by atoms with Crippen LogP contribution in [0.2, 0.25) is 5.02 Å². The van der Waals surface area contributed by atoms with E-state index in [9.17, 15) is 13.2 Å². The topological polar surface area (TPSA) is 83.1 Å². The van der Waals surface area contributed by atoms with Crippen LogP contribution >= 0.6 is 11.6 Å². The second kappa shape index (κ2) is 7.57. The second-order valence-electron chi connectivity index (χ2n) is 6.04. The Labute approximate surface area is 156 Å². The lowest BCUT2D eigenvalue weighted by Gasteiger charge is -2.16. The first-order valence-electron chi connectivity index (χ1n) is 8.00. The summed E-state index contributed by atoms with van der Waals surface area (Å²) in [6.07, 6.45) is 0. The molecule has 0 unspecified atom stereocenters. The van der Waals surface area contributed by atoms with E-state index in [2.05, 4.69) is 9.97 Å². The maximum Gasteiger partial charge on any atom is 0.258 e. The van der Waals surface area contributed by atoms with Crippen molar-refractivity contribution in [3.8, 4) is 0 Å². The normalized spacial score (nSPS) is 12.0. The summed E-state index contributed by atoms with van der Waals surface area (Å²) in [5.74, 6) is 0.461. The zero-order valence-corrected chi connectivity index (χ0v) is 15.7. The summed E-state index contributed by atoms with van der Waals surface area (Å²) in [5.41, 5.74) is 0.418. The van der Waals surface area contributed by atoms with E-state index in [0.717, 1.165) is 0 Å². The molecule has 0 saturated carbocycles. The van der Waals surface area contributed by atoms with Gasteiger partial charge in [0.2, 0.25) is 0 Å². The predicted octanol–water partition coefficient (Wildman–Crippen LogP) is 2.48. The van der Waals surface area contributed by atoms with Crippen molar-refractivity contribution >= 4 is 32.3 Å². The number of nitrogens with zero attached hydrogens (tertiary/aromatic N) is 2. The number of halogens is 1. The van der Waals surface area contributed by atoms with Crippen LogP contribution in [0.15, 0.2) is 58.2 Å². The summed E-state index contributed by atoms with van der Waals surface area (Å²) in [5, 5.41) is 1.02. The Bertz CT molecular complexity index is 1080. The first kappa shape index (κ1) is 18.6. The molecule has 1 heterocycles. The maximum absolute atomic E-state index is 12.4. The summed E-state index contributed by atoms with van der Waals surface area (Å²) in [6.45, 7) is 0.651. The summed E-state index contributed by atoms with van der Waals surface area (Å²) in [7, 11) is -1.62. The molecule has 136 valence electrons. The minimum atomic E-state index is -3.40. The van der Waals surface area contributed by atoms with Crippen LogP contribution in [0, 0.1) is 0 Å². The average molecular weight is 392 g/mol. The zero-order chi connectivity index (χ0) is 18.7. The van der Waals surface area contributed by atoms with Gasteiger partial charge in [0, 0.05) is 11.6 Å². The Morgan fingerprint density at radius 2 is 1.81 bits per heavy atom. The number of fused-ring (bicyclic) bond motifs is 1. The lowest BCUT2D eigenvalue weighted by molar-refractivity contribution is 0.337. The fourth-order valence-electron chi connectivity index (χ4n) is 2.58. The molecule has 0 fully saturated rings. The molecule has 0 atom stereocenters. The van der Waals surface area contributed by atoms with Crippen molar-refractivity contribution in [2.75, 3.05) is 19.3 Å². The summed E-state index contributed by atoms with van der Waals surface area (Å²) >= 11 is 5.79. The van der Waals surface area contributed by atoms with E-state index in [1.807, 2.05) is 6.07 Å². The van der Waals surface area contributed by atoms with Crippen LogP contribution in [0.3, 0.4) is 0 Å². The van der Waals surface area contributed by atoms with E-state index < -0.39 is 9.84 Å². The molecule has 0 aliphatic carbocycles. The zero-order valence-electron chi connectivity index (χ0n) is 14.1. The molecular weight excluding hydrogens is 374 g/mol. The number of rotatable bonds is 6. The van der Waals surface area contributed by atoms with Crippen LogP contribution in [0.4, 0.5) is 0 Å². The number of nitrogens with one attached hydrogen (secondary N) is 1. The first-order chi connectivity index (χ1) is 12.3. The Kier molecular flexibility index (Phi) is 5.41. The van der Waals surface area contributed by atoms with Crippen molar-refractivity contribution in [3.05, 3.63) is 69.7 Å². The monoisotopic (exact) mass is 391 g/mol. The second-order valence-corrected chi connectivity index (χ2v) is 8.59. The number of H-pyrrole nitrogens is 1. The van der Waals surface area contributed by atoms with E-state index in [1.165, 1.54) is 12.1 Å². The Morgan fingerprint density at radius 1 is 1.12 bits per heavy atom. The highest BCUT2D eigenvalue weighted by molar-refractivity contribution is 7.91. The number of hydrogen-bond acceptors (Lipinski definition) is 5. The highest BCUT2D eigenvalue weighted by atomic mass is 35.5. The van der Waals surface area contributed by atoms with Crippen molar-refractivity contribution in [3.63, 3.8) is 0 Å². The Balaban J connectivity index is 1.68. The molecule has 2 aromatic carbocycles. The van der Waals surface area contributed by atoms with Crippen LogP contribution in [-0.4, -0.2) is 42.6 Å². The molecule has 0 amide bonds. The molecule has 3 rings (SSSR count). The van der Waals surface area contributed by atoms with Crippen molar-refractivity contribution < 1.29 is 8.42 Å². The van der Waals surface area contributed by atoms with Crippen LogP contribution in [0.1, 0.15) is 5.82 Å². The van der Waals surface area contributed by atoms with E-state index in [-0.39, 0.29) is 16.2 Å². The molecule has 3 aromatic rings. The molecule has 26 heavy (non-hydrogen) atoms. The Hall–Kier alpha value is -2.22. The Morgan fingerprint density at radius 3 is 2.54 bits per heavy atom. The molecule has 0 spiro atoms. The first-order valence-corrected chi connectivity index (χ1v) is 10.0. The predicted molar refractivity (Wildman–Crippen MR) is 102 cm³/mol. The van der Waals surface area contributed by atoms with E-state index in [4.69, 9.17) is 11.6 Å². The number of para-hydroxylation sites is 1. The minimum Gasteiger partial charge on any atom is -0.309 e. The molecule has 0 radical (unpaired) electrons. The molecule has 8 heteroatoms. The highest BCUT2D eigenvalue weighted by Gasteiger charge is 2.16. The maximum atomic E-state index is 12.4. The summed E-state index contributed by atoms with van der Waals surface area (Å²) in [4.78, 5) is 21.3. The number of aromatic amines is 1. The van der Waals surface area contributed by atoms with Crippen molar-refractivity contribution in [2.45, 2.75) is 11.4 Å². The number of benzene rings is 2. The van der Waals surface area contributed by atoms with Crippen LogP contribution < -0.4 is 5.56 Å². The third kappa shape index (κ3) is 4.30. The van der Waals surface area contributed by atoms with Gasteiger partial charge in [-0.2, -0.15) is 0 Å². The smallest absolute Gasteiger partial charge is 0.258 e. The van der Waals surface area contributed by atoms with Gasteiger partial charge in [0.15, 0.2) is 9.84 Å². The van der Waals surface area contributed by atoms with Gasteiger partial charge in [0.1, 0.15) is 5.82 Å². The molecule has 0 aliphatic rings. The van der Waals surface area contributed by atoms with Crippen LogP contribution in [0.25, 0.3) is 10.9 Å². The van der Waals surface area contributed by atoms with Gasteiger partial charge in [0.25, 0.3) is 5.56 Å². The number of aromatic nitrogens is 2. The van der Waals surface area contributed by atoms with Gasteiger partial charge < -0.3 is 4.98 Å². The SMILES string of the molecule is CN(CCS(=O)(=O)c1ccc(Cl)cc1)Cc1nc2ccccc2c(=O)[nH]1. The number of sulfone groups is 1. The van der Waals surface area contributed by atoms with E-state index in [1.54, 1.807) is 42.3 Å². The van der Waals surface area contributed by atoms with Gasteiger partial charge in [-0.3, -0.25) is 9.69 Å². The number of hydrogen-bond donors (Lipinski definition) is 1. The molecule has 0 saturated heterocycles. The van der Waals surface area contributed by atoms with Crippen LogP contribution in [0.5, 0.6) is 0 Å². The third-order valence-corrected chi connectivity index (χ3v) is 5.96. The summed E-state index contributed by atoms with van der Waals surface area (Å²) < 4.78 is 24.8. The van der Waals surface area contributed by atoms with Gasteiger partial charge in [-0.15, -0.1) is 0 Å². The standard InChI is InChI=1S/C18H18ClN3O3S/c1-22(10-11-26(24,25)14-8-6-13(19)7-9-14)12-17-20-16-5-3-2-4-15(16)18(23)21-17/h2-9H,10-12H2,1H3,(H,20,21,23). The molecular formula is C18H18ClN3O3S. The minimum absolute atomic E-state index is 0.0387. The average Bonchev–Trinajstić information content (AvgIpc) is 2.60. The largest absolute Gasteiger partial charge is 0.309 e. The lowest BCUT2D eigenvalue weighted by Crippen LogP contribution is -2.27. The van der Waals surface area contributed by atoms with E-state index >= 15 is 0 Å². The van der Waals surface area contributed by atoms with Crippen LogP contribution in [-0.2, 0) is 16.4 Å². The fourth-order valence-corrected chi connectivity index (χ4v) is 4.04. The third-order valence-electron chi connectivity index (χ3n) is 4.00. The van der Waals surface area contributed by atoms with Crippen molar-refractivity contribution in [1.29, 1.82) is 0 Å². The molecule has 0 aliphatic heterocycles. The van der Waals surface area contributed by atoms with Gasteiger partial charge in [-0.1, -0.05) is 23.7 Å².